The quantitative estimate of drug-likeness (QED) is 0.406. The third-order valence-electron chi connectivity index (χ3n) is 10.9. The van der Waals surface area contributed by atoms with Crippen molar-refractivity contribution in [1.82, 2.24) is 0 Å². The van der Waals surface area contributed by atoms with Crippen LogP contribution in [0.4, 0.5) is 0 Å². The van der Waals surface area contributed by atoms with E-state index < -0.39 is 0 Å². The molecule has 5 aliphatic carbocycles. The molecule has 0 radical (unpaired) electrons. The Labute approximate surface area is 182 Å². The Hall–Kier alpha value is -1.12. The zero-order valence-electron chi connectivity index (χ0n) is 19.4. The molecular weight excluding hydrogens is 372 g/mol. The van der Waals surface area contributed by atoms with Crippen LogP contribution in [-0.4, -0.2) is 17.9 Å². The zero-order valence-corrected chi connectivity index (χ0v) is 19.4. The molecule has 9 atom stereocenters. The van der Waals surface area contributed by atoms with Crippen LogP contribution in [0.5, 0.6) is 0 Å². The Balaban J connectivity index is 1.39. The summed E-state index contributed by atoms with van der Waals surface area (Å²) in [6, 6.07) is 0. The molecule has 0 amide bonds. The van der Waals surface area contributed by atoms with Gasteiger partial charge >= 0.3 is 5.97 Å². The van der Waals surface area contributed by atoms with Crippen molar-refractivity contribution in [1.29, 1.82) is 0 Å². The second-order valence-electron chi connectivity index (χ2n) is 11.8. The molecule has 0 aromatic carbocycles. The van der Waals surface area contributed by atoms with Gasteiger partial charge in [0.25, 0.3) is 0 Å². The summed E-state index contributed by atoms with van der Waals surface area (Å²) in [4.78, 5) is 23.7. The van der Waals surface area contributed by atoms with Gasteiger partial charge in [-0.25, -0.2) is 0 Å². The maximum atomic E-state index is 12.2. The van der Waals surface area contributed by atoms with Crippen molar-refractivity contribution in [2.75, 3.05) is 0 Å². The van der Waals surface area contributed by atoms with Gasteiger partial charge in [0, 0.05) is 19.3 Å². The Bertz CT molecular complexity index is 768. The first kappa shape index (κ1) is 20.8. The van der Waals surface area contributed by atoms with Crippen LogP contribution in [0, 0.1) is 46.3 Å². The first-order valence-corrected chi connectivity index (χ1v) is 12.6. The smallest absolute Gasteiger partial charge is 0.302 e. The van der Waals surface area contributed by atoms with E-state index in [9.17, 15) is 9.59 Å². The number of carbonyl (C=O) groups is 2. The maximum absolute atomic E-state index is 12.2. The molecule has 0 aromatic rings. The summed E-state index contributed by atoms with van der Waals surface area (Å²) in [6.45, 7) is 8.28. The number of ether oxygens (including phenoxy) is 1. The molecule has 1 spiro atoms. The number of carbonyl (C=O) groups excluding carboxylic acids is 2. The van der Waals surface area contributed by atoms with Gasteiger partial charge < -0.3 is 4.74 Å². The molecule has 30 heavy (non-hydrogen) atoms. The van der Waals surface area contributed by atoms with Gasteiger partial charge in [0.15, 0.2) is 0 Å². The minimum Gasteiger partial charge on any atom is -0.462 e. The van der Waals surface area contributed by atoms with Gasteiger partial charge in [-0.1, -0.05) is 25.5 Å². The minimum atomic E-state index is -0.134. The lowest BCUT2D eigenvalue weighted by molar-refractivity contribution is -0.149. The van der Waals surface area contributed by atoms with Crippen LogP contribution in [0.15, 0.2) is 11.6 Å². The number of esters is 1. The molecule has 0 bridgehead atoms. The molecule has 0 aromatic heterocycles. The van der Waals surface area contributed by atoms with E-state index in [1.165, 1.54) is 51.9 Å². The molecule has 0 N–H and O–H groups in total. The second kappa shape index (κ2) is 7.20. The van der Waals surface area contributed by atoms with Crippen LogP contribution >= 0.6 is 0 Å². The van der Waals surface area contributed by atoms with E-state index in [1.807, 2.05) is 6.92 Å². The molecule has 0 aliphatic heterocycles. The van der Waals surface area contributed by atoms with Crippen molar-refractivity contribution in [2.45, 2.75) is 98.0 Å². The SMILES string of the molecule is CC(=O)O[C@H]1CC[C@@]2(C)C(=CC[C@H]3[C@@H]4CC[C@@H]5[C@H](C)C(C(C)=O)CC[C@@]54CC[C@@H]32)C1. The topological polar surface area (TPSA) is 43.4 Å². The first-order chi connectivity index (χ1) is 14.3. The van der Waals surface area contributed by atoms with E-state index in [0.717, 1.165) is 42.9 Å². The van der Waals surface area contributed by atoms with E-state index in [4.69, 9.17) is 4.74 Å². The van der Waals surface area contributed by atoms with Gasteiger partial charge in [-0.15, -0.1) is 0 Å². The largest absolute Gasteiger partial charge is 0.462 e. The number of hydrogen-bond donors (Lipinski definition) is 0. The average molecular weight is 413 g/mol. The van der Waals surface area contributed by atoms with Gasteiger partial charge in [-0.05, 0) is 105 Å². The summed E-state index contributed by atoms with van der Waals surface area (Å²) in [7, 11) is 0. The van der Waals surface area contributed by atoms with Crippen molar-refractivity contribution in [3.8, 4) is 0 Å². The predicted octanol–water partition coefficient (Wildman–Crippen LogP) is 6.11. The van der Waals surface area contributed by atoms with Crippen LogP contribution in [0.1, 0.15) is 91.9 Å². The highest BCUT2D eigenvalue weighted by Crippen LogP contribution is 2.70. The number of fused-ring (bicyclic) bond motifs is 4. The number of ketones is 1. The summed E-state index contributed by atoms with van der Waals surface area (Å²) in [5.41, 5.74) is 2.41. The van der Waals surface area contributed by atoms with E-state index in [2.05, 4.69) is 19.9 Å². The lowest BCUT2D eigenvalue weighted by Gasteiger charge is -2.60. The van der Waals surface area contributed by atoms with Crippen molar-refractivity contribution in [3.63, 3.8) is 0 Å². The fraction of sp³-hybridized carbons (Fsp3) is 0.852. The van der Waals surface area contributed by atoms with Gasteiger partial charge in [-0.3, -0.25) is 9.59 Å². The van der Waals surface area contributed by atoms with Crippen molar-refractivity contribution < 1.29 is 14.3 Å². The van der Waals surface area contributed by atoms with Crippen LogP contribution < -0.4 is 0 Å². The monoisotopic (exact) mass is 412 g/mol. The third kappa shape index (κ3) is 2.89. The first-order valence-electron chi connectivity index (χ1n) is 12.6. The Morgan fingerprint density at radius 2 is 1.70 bits per heavy atom. The highest BCUT2D eigenvalue weighted by molar-refractivity contribution is 5.78. The minimum absolute atomic E-state index is 0.0897. The number of allylic oxidation sites excluding steroid dienone is 1. The summed E-state index contributed by atoms with van der Waals surface area (Å²) >= 11 is 0. The van der Waals surface area contributed by atoms with E-state index in [-0.39, 0.29) is 12.1 Å². The molecule has 0 saturated heterocycles. The molecule has 5 aliphatic rings. The van der Waals surface area contributed by atoms with Crippen LogP contribution in [0.25, 0.3) is 0 Å². The van der Waals surface area contributed by atoms with E-state index in [0.29, 0.717) is 28.4 Å². The normalized spacial score (nSPS) is 49.7. The standard InChI is InChI=1S/C27H40O3/c1-16-21(17(2)28)10-13-27-14-11-24-22(25(27)8-7-23(16)27)6-5-19-15-20(30-18(3)29)9-12-26(19,24)4/h5,16,20-25H,6-15H2,1-4H3/t16-,20+,21?,22-,23-,24+,25+,26+,27-/m1/s1. The molecule has 3 heteroatoms. The molecule has 4 fully saturated rings. The van der Waals surface area contributed by atoms with E-state index in [1.54, 1.807) is 5.57 Å². The van der Waals surface area contributed by atoms with Gasteiger partial charge in [0.2, 0.25) is 0 Å². The maximum Gasteiger partial charge on any atom is 0.302 e. The van der Waals surface area contributed by atoms with Crippen molar-refractivity contribution in [2.24, 2.45) is 46.3 Å². The highest BCUT2D eigenvalue weighted by Gasteiger charge is 2.62. The molecule has 0 heterocycles. The molecular formula is C27H40O3. The lowest BCUT2D eigenvalue weighted by Crippen LogP contribution is -2.53. The molecule has 1 unspecified atom stereocenters. The Morgan fingerprint density at radius 1 is 0.967 bits per heavy atom. The molecule has 166 valence electrons. The highest BCUT2D eigenvalue weighted by atomic mass is 16.5. The van der Waals surface area contributed by atoms with Crippen molar-refractivity contribution >= 4 is 11.8 Å². The molecule has 3 nitrogen and oxygen atoms in total. The second-order valence-corrected chi connectivity index (χ2v) is 11.8. The van der Waals surface area contributed by atoms with Crippen LogP contribution in [0.2, 0.25) is 0 Å². The van der Waals surface area contributed by atoms with E-state index >= 15 is 0 Å². The predicted molar refractivity (Wildman–Crippen MR) is 118 cm³/mol. The fourth-order valence-corrected chi connectivity index (χ4v) is 9.64. The van der Waals surface area contributed by atoms with Crippen LogP contribution in [0.3, 0.4) is 0 Å². The summed E-state index contributed by atoms with van der Waals surface area (Å²) in [6.07, 6.45) is 14.9. The lowest BCUT2D eigenvalue weighted by atomic mass is 9.44. The fourth-order valence-electron chi connectivity index (χ4n) is 9.64. The van der Waals surface area contributed by atoms with Crippen LogP contribution in [-0.2, 0) is 14.3 Å². The third-order valence-corrected chi connectivity index (χ3v) is 10.9. The summed E-state index contributed by atoms with van der Waals surface area (Å²) < 4.78 is 5.59. The number of Topliss-reactive ketones (excluding diaryl/α,β-unsaturated/α-hetero) is 1. The van der Waals surface area contributed by atoms with Crippen molar-refractivity contribution in [3.05, 3.63) is 11.6 Å². The average Bonchev–Trinajstić information content (AvgIpc) is 3.08. The zero-order chi connectivity index (χ0) is 21.3. The summed E-state index contributed by atoms with van der Waals surface area (Å²) in [5, 5.41) is 0. The van der Waals surface area contributed by atoms with Gasteiger partial charge in [0.05, 0.1) is 0 Å². The Morgan fingerprint density at radius 3 is 2.43 bits per heavy atom. The number of rotatable bonds is 2. The Kier molecular flexibility index (Phi) is 4.99. The summed E-state index contributed by atoms with van der Waals surface area (Å²) in [5.74, 6) is 4.42. The van der Waals surface area contributed by atoms with Gasteiger partial charge in [-0.2, -0.15) is 0 Å². The number of hydrogen-bond acceptors (Lipinski definition) is 3. The molecule has 4 saturated carbocycles. The molecule has 5 rings (SSSR count). The van der Waals surface area contributed by atoms with Gasteiger partial charge in [0.1, 0.15) is 11.9 Å².